The van der Waals surface area contributed by atoms with Gasteiger partial charge in [-0.15, -0.1) is 0 Å². The van der Waals surface area contributed by atoms with E-state index in [1.54, 1.807) is 32.2 Å². The van der Waals surface area contributed by atoms with Crippen LogP contribution in [0, 0.1) is 0 Å². The number of aldehydes is 1. The number of allylic oxidation sites excluding steroid dienone is 3. The largest absolute Gasteiger partial charge is 0.496 e. The number of methoxy groups -OCH3 is 1. The Morgan fingerprint density at radius 1 is 1.48 bits per heavy atom. The predicted molar refractivity (Wildman–Crippen MR) is 108 cm³/mol. The summed E-state index contributed by atoms with van der Waals surface area (Å²) < 4.78 is 11.2. The number of hydrogen-bond acceptors (Lipinski definition) is 6. The molecule has 144 valence electrons. The average Bonchev–Trinajstić information content (AvgIpc) is 3.26. The highest BCUT2D eigenvalue weighted by Gasteiger charge is 2.33. The smallest absolute Gasteiger partial charge is 0.168 e. The maximum atomic E-state index is 12.1. The van der Waals surface area contributed by atoms with E-state index in [9.17, 15) is 9.59 Å². The minimum atomic E-state index is -0.0202. The second-order valence-corrected chi connectivity index (χ2v) is 7.94. The van der Waals surface area contributed by atoms with Crippen LogP contribution >= 0.6 is 23.4 Å². The maximum Gasteiger partial charge on any atom is 0.168 e. The molecule has 1 aromatic carbocycles. The van der Waals surface area contributed by atoms with Gasteiger partial charge in [-0.25, -0.2) is 0 Å². The van der Waals surface area contributed by atoms with Gasteiger partial charge in [0.1, 0.15) is 5.75 Å². The molecule has 0 saturated carbocycles. The van der Waals surface area contributed by atoms with Crippen molar-refractivity contribution in [1.82, 2.24) is 4.90 Å². The van der Waals surface area contributed by atoms with Crippen molar-refractivity contribution in [2.45, 2.75) is 32.8 Å². The molecule has 2 heterocycles. The molecule has 27 heavy (non-hydrogen) atoms. The maximum absolute atomic E-state index is 12.1. The van der Waals surface area contributed by atoms with Gasteiger partial charge in [0.25, 0.3) is 0 Å². The van der Waals surface area contributed by atoms with E-state index >= 15 is 0 Å². The van der Waals surface area contributed by atoms with Gasteiger partial charge in [0, 0.05) is 29.4 Å². The Balaban J connectivity index is 2.10. The molecule has 0 bridgehead atoms. The first-order valence-corrected chi connectivity index (χ1v) is 9.97. The molecule has 0 radical (unpaired) electrons. The van der Waals surface area contributed by atoms with Crippen LogP contribution in [0.1, 0.15) is 32.3 Å². The Labute approximate surface area is 168 Å². The lowest BCUT2D eigenvalue weighted by atomic mass is 10.1. The normalized spacial score (nSPS) is 21.6. The standard InChI is InChI=1S/C20H22ClNO4S/c1-12-19(13(2)24)27-20(22(12)10-15-5-4-8-26-15)17(11-23)16-9-14(21)6-7-18(16)25-3/h6-7,9,11,15H,4-5,8,10H2,1-3H3/b20-17+. The van der Waals surface area contributed by atoms with Crippen LogP contribution in [0.15, 0.2) is 33.8 Å². The lowest BCUT2D eigenvalue weighted by Gasteiger charge is -2.26. The second kappa shape index (κ2) is 8.50. The quantitative estimate of drug-likeness (QED) is 0.518. The Kier molecular flexibility index (Phi) is 6.29. The van der Waals surface area contributed by atoms with Crippen molar-refractivity contribution in [3.05, 3.63) is 44.4 Å². The molecule has 0 aromatic heterocycles. The number of hydrogen-bond donors (Lipinski definition) is 0. The lowest BCUT2D eigenvalue weighted by Crippen LogP contribution is -2.28. The zero-order chi connectivity index (χ0) is 19.6. The zero-order valence-corrected chi connectivity index (χ0v) is 17.2. The van der Waals surface area contributed by atoms with Crippen molar-refractivity contribution in [3.63, 3.8) is 0 Å². The van der Waals surface area contributed by atoms with Crippen molar-refractivity contribution < 1.29 is 19.1 Å². The number of carbonyl (C=O) groups is 2. The molecular weight excluding hydrogens is 386 g/mol. The zero-order valence-electron chi connectivity index (χ0n) is 15.6. The minimum Gasteiger partial charge on any atom is -0.496 e. The van der Waals surface area contributed by atoms with Crippen LogP contribution in [0.2, 0.25) is 5.02 Å². The SMILES string of the molecule is COc1ccc(Cl)cc1/C(C=O)=C1/SC(C(C)=O)=C(C)N1CC1CCCO1. The number of ether oxygens (including phenoxy) is 2. The molecular formula is C20H22ClNO4S. The summed E-state index contributed by atoms with van der Waals surface area (Å²) in [5, 5.41) is 1.22. The number of halogens is 1. The summed E-state index contributed by atoms with van der Waals surface area (Å²) in [6.45, 7) is 4.80. The van der Waals surface area contributed by atoms with E-state index in [1.165, 1.54) is 11.8 Å². The van der Waals surface area contributed by atoms with Crippen LogP contribution in [-0.2, 0) is 14.3 Å². The fourth-order valence-electron chi connectivity index (χ4n) is 3.36. The van der Waals surface area contributed by atoms with Gasteiger partial charge in [0.15, 0.2) is 12.1 Å². The number of thioether (sulfide) groups is 1. The third-order valence-corrected chi connectivity index (χ3v) is 6.36. The summed E-state index contributed by atoms with van der Waals surface area (Å²) in [6, 6.07) is 5.16. The van der Waals surface area contributed by atoms with E-state index in [0.29, 0.717) is 38.4 Å². The van der Waals surface area contributed by atoms with Crippen molar-refractivity contribution in [1.29, 1.82) is 0 Å². The van der Waals surface area contributed by atoms with Gasteiger partial charge in [-0.2, -0.15) is 0 Å². The number of carbonyl (C=O) groups excluding carboxylic acids is 2. The number of Topliss-reactive ketones (excluding diaryl/α,β-unsaturated/α-hetero) is 1. The van der Waals surface area contributed by atoms with Crippen LogP contribution in [0.4, 0.5) is 0 Å². The van der Waals surface area contributed by atoms with E-state index in [1.807, 2.05) is 11.8 Å². The van der Waals surface area contributed by atoms with Gasteiger partial charge >= 0.3 is 0 Å². The fourth-order valence-corrected chi connectivity index (χ4v) is 4.72. The topological polar surface area (TPSA) is 55.8 Å². The van der Waals surface area contributed by atoms with Crippen LogP contribution in [0.25, 0.3) is 5.57 Å². The Morgan fingerprint density at radius 3 is 2.85 bits per heavy atom. The average molecular weight is 408 g/mol. The molecule has 1 saturated heterocycles. The van der Waals surface area contributed by atoms with Gasteiger partial charge in [0.2, 0.25) is 0 Å². The van der Waals surface area contributed by atoms with Crippen LogP contribution < -0.4 is 4.74 Å². The molecule has 3 rings (SSSR count). The second-order valence-electron chi connectivity index (χ2n) is 6.50. The predicted octanol–water partition coefficient (Wildman–Crippen LogP) is 4.26. The van der Waals surface area contributed by atoms with Crippen LogP contribution in [0.3, 0.4) is 0 Å². The molecule has 1 aromatic rings. The van der Waals surface area contributed by atoms with Crippen LogP contribution in [0.5, 0.6) is 5.75 Å². The Hall–Kier alpha value is -1.76. The van der Waals surface area contributed by atoms with Crippen LogP contribution in [-0.4, -0.2) is 43.3 Å². The van der Waals surface area contributed by atoms with Gasteiger partial charge < -0.3 is 14.4 Å². The van der Waals surface area contributed by atoms with Crippen molar-refractivity contribution >= 4 is 41.0 Å². The third kappa shape index (κ3) is 4.08. The summed E-state index contributed by atoms with van der Waals surface area (Å²) >= 11 is 7.49. The molecule has 0 N–H and O–H groups in total. The van der Waals surface area contributed by atoms with Gasteiger partial charge in [-0.05, 0) is 44.9 Å². The molecule has 1 atom stereocenters. The van der Waals surface area contributed by atoms with Crippen molar-refractivity contribution in [2.75, 3.05) is 20.3 Å². The summed E-state index contributed by atoms with van der Waals surface area (Å²) in [5.74, 6) is 0.536. The van der Waals surface area contributed by atoms with E-state index in [0.717, 1.165) is 31.4 Å². The van der Waals surface area contributed by atoms with Gasteiger partial charge in [0.05, 0.1) is 28.7 Å². The summed E-state index contributed by atoms with van der Waals surface area (Å²) in [6.07, 6.45) is 2.87. The highest BCUT2D eigenvalue weighted by Crippen LogP contribution is 2.46. The molecule has 0 spiro atoms. The molecule has 2 aliphatic rings. The molecule has 1 fully saturated rings. The monoisotopic (exact) mass is 407 g/mol. The van der Waals surface area contributed by atoms with E-state index in [-0.39, 0.29) is 11.9 Å². The fraction of sp³-hybridized carbons (Fsp3) is 0.400. The van der Waals surface area contributed by atoms with Gasteiger partial charge in [-0.1, -0.05) is 23.4 Å². The Morgan fingerprint density at radius 2 is 2.26 bits per heavy atom. The minimum absolute atomic E-state index is 0.0202. The van der Waals surface area contributed by atoms with E-state index in [2.05, 4.69) is 0 Å². The highest BCUT2D eigenvalue weighted by atomic mass is 35.5. The first-order valence-electron chi connectivity index (χ1n) is 8.78. The first kappa shape index (κ1) is 20.0. The Bertz CT molecular complexity index is 827. The summed E-state index contributed by atoms with van der Waals surface area (Å²) in [4.78, 5) is 26.9. The number of ketones is 1. The first-order chi connectivity index (χ1) is 13.0. The lowest BCUT2D eigenvalue weighted by molar-refractivity contribution is -0.113. The van der Waals surface area contributed by atoms with Gasteiger partial charge in [-0.3, -0.25) is 9.59 Å². The van der Waals surface area contributed by atoms with Crippen molar-refractivity contribution in [2.24, 2.45) is 0 Å². The number of benzene rings is 1. The molecule has 1 unspecified atom stereocenters. The number of rotatable bonds is 6. The molecule has 2 aliphatic heterocycles. The molecule has 0 aliphatic carbocycles. The highest BCUT2D eigenvalue weighted by molar-refractivity contribution is 8.08. The molecule has 5 nitrogen and oxygen atoms in total. The molecule has 7 heteroatoms. The molecule has 0 amide bonds. The number of nitrogens with zero attached hydrogens (tertiary/aromatic N) is 1. The summed E-state index contributed by atoms with van der Waals surface area (Å²) in [7, 11) is 1.55. The third-order valence-electron chi connectivity index (χ3n) is 4.71. The van der Waals surface area contributed by atoms with E-state index < -0.39 is 0 Å². The van der Waals surface area contributed by atoms with Crippen molar-refractivity contribution in [3.8, 4) is 5.75 Å². The van der Waals surface area contributed by atoms with E-state index in [4.69, 9.17) is 21.1 Å². The summed E-state index contributed by atoms with van der Waals surface area (Å²) in [5.41, 5.74) is 1.91.